The van der Waals surface area contributed by atoms with Gasteiger partial charge in [-0.15, -0.1) is 0 Å². The lowest BCUT2D eigenvalue weighted by Crippen LogP contribution is -2.31. The Labute approximate surface area is 160 Å². The van der Waals surface area contributed by atoms with Gasteiger partial charge in [0.05, 0.1) is 17.7 Å². The van der Waals surface area contributed by atoms with E-state index in [0.717, 1.165) is 5.56 Å². The number of carbonyl (C=O) groups excluding carboxylic acids is 2. The second-order valence-electron chi connectivity index (χ2n) is 6.90. The van der Waals surface area contributed by atoms with E-state index in [2.05, 4.69) is 5.32 Å². The van der Waals surface area contributed by atoms with Crippen molar-refractivity contribution in [3.63, 3.8) is 0 Å². The first-order chi connectivity index (χ1) is 12.8. The zero-order chi connectivity index (χ0) is 20.0. The number of hydrogen-bond donors (Lipinski definition) is 1. The summed E-state index contributed by atoms with van der Waals surface area (Å²) in [5.74, 6) is -0.199. The molecule has 0 aromatic heterocycles. The lowest BCUT2D eigenvalue weighted by Gasteiger charge is -2.16. The van der Waals surface area contributed by atoms with Crippen LogP contribution in [0.25, 0.3) is 0 Å². The molecule has 0 saturated heterocycles. The lowest BCUT2D eigenvalue weighted by atomic mass is 10.0. The van der Waals surface area contributed by atoms with Crippen LogP contribution in [0.5, 0.6) is 5.75 Å². The summed E-state index contributed by atoms with van der Waals surface area (Å²) in [4.78, 5) is 24.2. The van der Waals surface area contributed by atoms with Crippen molar-refractivity contribution in [1.29, 1.82) is 0 Å². The summed E-state index contributed by atoms with van der Waals surface area (Å²) in [6.45, 7) is 9.52. The number of amides is 1. The minimum absolute atomic E-state index is 0.0609. The Morgan fingerprint density at radius 2 is 1.63 bits per heavy atom. The summed E-state index contributed by atoms with van der Waals surface area (Å²) in [5.41, 5.74) is 3.76. The summed E-state index contributed by atoms with van der Waals surface area (Å²) in [6.07, 6.45) is 0.0609. The van der Waals surface area contributed by atoms with Gasteiger partial charge >= 0.3 is 5.97 Å². The molecule has 5 nitrogen and oxygen atoms in total. The largest absolute Gasteiger partial charge is 0.491 e. The predicted molar refractivity (Wildman–Crippen MR) is 105 cm³/mol. The second-order valence-corrected chi connectivity index (χ2v) is 6.90. The van der Waals surface area contributed by atoms with Gasteiger partial charge in [-0.05, 0) is 75.6 Å². The van der Waals surface area contributed by atoms with E-state index in [9.17, 15) is 9.59 Å². The van der Waals surface area contributed by atoms with Gasteiger partial charge in [0.2, 0.25) is 0 Å². The average Bonchev–Trinajstić information content (AvgIpc) is 2.62. The molecule has 0 unspecified atom stereocenters. The topological polar surface area (TPSA) is 64.6 Å². The van der Waals surface area contributed by atoms with Crippen LogP contribution in [-0.4, -0.2) is 24.6 Å². The molecule has 2 aromatic rings. The first kappa shape index (κ1) is 20.5. The molecule has 0 aliphatic carbocycles. The summed E-state index contributed by atoms with van der Waals surface area (Å²) in [7, 11) is 0. The molecule has 0 aliphatic rings. The third kappa shape index (κ3) is 6.13. The Hall–Kier alpha value is -2.82. The van der Waals surface area contributed by atoms with Crippen molar-refractivity contribution in [2.75, 3.05) is 6.61 Å². The summed E-state index contributed by atoms with van der Waals surface area (Å²) >= 11 is 0. The highest BCUT2D eigenvalue weighted by atomic mass is 16.5. The van der Waals surface area contributed by atoms with Crippen LogP contribution in [0, 0.1) is 13.8 Å². The Balaban J connectivity index is 1.85. The van der Waals surface area contributed by atoms with Crippen LogP contribution >= 0.6 is 0 Å². The maximum absolute atomic E-state index is 12.1. The van der Waals surface area contributed by atoms with E-state index in [1.807, 2.05) is 52.8 Å². The van der Waals surface area contributed by atoms with Crippen molar-refractivity contribution in [1.82, 2.24) is 5.32 Å². The lowest BCUT2D eigenvalue weighted by molar-refractivity contribution is -0.124. The normalized spacial score (nSPS) is 11.8. The molecule has 2 aromatic carbocycles. The van der Waals surface area contributed by atoms with Crippen LogP contribution in [0.1, 0.15) is 53.9 Å². The molecule has 1 amide bonds. The highest BCUT2D eigenvalue weighted by molar-refractivity contribution is 5.91. The Morgan fingerprint density at radius 3 is 2.22 bits per heavy atom. The molecule has 2 rings (SSSR count). The Bertz CT molecular complexity index is 796. The van der Waals surface area contributed by atoms with E-state index in [-0.39, 0.29) is 24.7 Å². The fourth-order valence-corrected chi connectivity index (χ4v) is 2.56. The van der Waals surface area contributed by atoms with Crippen molar-refractivity contribution in [3.8, 4) is 5.75 Å². The molecular weight excluding hydrogens is 342 g/mol. The number of esters is 1. The predicted octanol–water partition coefficient (Wildman–Crippen LogP) is 4.12. The van der Waals surface area contributed by atoms with Gasteiger partial charge in [-0.25, -0.2) is 4.79 Å². The second kappa shape index (κ2) is 9.21. The number of hydrogen-bond acceptors (Lipinski definition) is 4. The number of aryl methyl sites for hydroxylation is 2. The van der Waals surface area contributed by atoms with Gasteiger partial charge in [0.25, 0.3) is 5.91 Å². The molecule has 0 fully saturated rings. The van der Waals surface area contributed by atoms with Crippen LogP contribution in [-0.2, 0) is 9.53 Å². The van der Waals surface area contributed by atoms with Crippen molar-refractivity contribution in [2.45, 2.75) is 46.8 Å². The van der Waals surface area contributed by atoms with Crippen molar-refractivity contribution >= 4 is 11.9 Å². The quantitative estimate of drug-likeness (QED) is 0.746. The van der Waals surface area contributed by atoms with Crippen molar-refractivity contribution in [3.05, 3.63) is 64.7 Å². The van der Waals surface area contributed by atoms with E-state index in [1.54, 1.807) is 24.3 Å². The maximum Gasteiger partial charge on any atom is 0.338 e. The molecule has 144 valence electrons. The molecule has 1 atom stereocenters. The highest BCUT2D eigenvalue weighted by Crippen LogP contribution is 2.17. The molecule has 0 spiro atoms. The van der Waals surface area contributed by atoms with E-state index in [1.165, 1.54) is 11.1 Å². The molecule has 1 N–H and O–H groups in total. The number of carbonyl (C=O) groups is 2. The molecule has 0 bridgehead atoms. The first-order valence-corrected chi connectivity index (χ1v) is 9.06. The van der Waals surface area contributed by atoms with E-state index in [4.69, 9.17) is 9.47 Å². The summed E-state index contributed by atoms with van der Waals surface area (Å²) in [5, 5.41) is 2.84. The number of rotatable bonds is 7. The third-order valence-electron chi connectivity index (χ3n) is 4.20. The van der Waals surface area contributed by atoms with Gasteiger partial charge in [0, 0.05) is 0 Å². The molecular formula is C22H27NO4. The fraction of sp³-hybridized carbons (Fsp3) is 0.364. The number of nitrogens with one attached hydrogen (secondary N) is 1. The van der Waals surface area contributed by atoms with Crippen molar-refractivity contribution < 1.29 is 19.1 Å². The maximum atomic E-state index is 12.1. The Kier molecular flexibility index (Phi) is 6.99. The molecule has 27 heavy (non-hydrogen) atoms. The number of benzene rings is 2. The molecule has 0 heterocycles. The van der Waals surface area contributed by atoms with Crippen LogP contribution in [0.2, 0.25) is 0 Å². The van der Waals surface area contributed by atoms with E-state index < -0.39 is 5.97 Å². The molecule has 0 radical (unpaired) electrons. The minimum Gasteiger partial charge on any atom is -0.491 e. The van der Waals surface area contributed by atoms with Gasteiger partial charge in [-0.3, -0.25) is 4.79 Å². The van der Waals surface area contributed by atoms with E-state index in [0.29, 0.717) is 11.3 Å². The number of ether oxygens (including phenoxy) is 2. The van der Waals surface area contributed by atoms with Crippen LogP contribution in [0.3, 0.4) is 0 Å². The van der Waals surface area contributed by atoms with Gasteiger partial charge in [-0.2, -0.15) is 0 Å². The SMILES string of the molecule is Cc1ccc([C@@H](C)NC(=O)COC(=O)c2ccc(OC(C)C)cc2)cc1C. The van der Waals surface area contributed by atoms with Crippen LogP contribution in [0.4, 0.5) is 0 Å². The monoisotopic (exact) mass is 369 g/mol. The Morgan fingerprint density at radius 1 is 0.963 bits per heavy atom. The van der Waals surface area contributed by atoms with Crippen LogP contribution < -0.4 is 10.1 Å². The van der Waals surface area contributed by atoms with Gasteiger partial charge < -0.3 is 14.8 Å². The summed E-state index contributed by atoms with van der Waals surface area (Å²) in [6, 6.07) is 12.6. The van der Waals surface area contributed by atoms with Crippen LogP contribution in [0.15, 0.2) is 42.5 Å². The third-order valence-corrected chi connectivity index (χ3v) is 4.20. The summed E-state index contributed by atoms with van der Waals surface area (Å²) < 4.78 is 10.6. The van der Waals surface area contributed by atoms with Gasteiger partial charge in [0.15, 0.2) is 6.61 Å². The molecule has 0 saturated carbocycles. The smallest absolute Gasteiger partial charge is 0.338 e. The van der Waals surface area contributed by atoms with Gasteiger partial charge in [0.1, 0.15) is 5.75 Å². The highest BCUT2D eigenvalue weighted by Gasteiger charge is 2.14. The van der Waals surface area contributed by atoms with Gasteiger partial charge in [-0.1, -0.05) is 18.2 Å². The molecule has 5 heteroatoms. The minimum atomic E-state index is -0.542. The fourth-order valence-electron chi connectivity index (χ4n) is 2.56. The zero-order valence-electron chi connectivity index (χ0n) is 16.5. The standard InChI is InChI=1S/C22H27NO4/c1-14(2)27-20-10-8-18(9-11-20)22(25)26-13-21(24)23-17(5)19-7-6-15(3)16(4)12-19/h6-12,14,17H,13H2,1-5H3,(H,23,24)/t17-/m1/s1. The molecule has 0 aliphatic heterocycles. The zero-order valence-corrected chi connectivity index (χ0v) is 16.5. The van der Waals surface area contributed by atoms with Crippen molar-refractivity contribution in [2.24, 2.45) is 0 Å². The average molecular weight is 369 g/mol. The first-order valence-electron chi connectivity index (χ1n) is 9.06. The van der Waals surface area contributed by atoms with E-state index >= 15 is 0 Å².